The standard InChI is InChI=1S/C30H25ClN2O5S/c1-3-12-37-21-8-4-17(5-9-21)26-25(27(34)18-6-11-23-19(14-18)13-16(2)38-23)28(35)29(36)33(26)30-32-22-10-7-20(31)15-24(22)39-30/h4-11,14-16,26,34H,3,12-13H2,1-2H3. The lowest BCUT2D eigenvalue weighted by Crippen LogP contribution is -2.29. The first kappa shape index (κ1) is 25.4. The number of hydrogen-bond acceptors (Lipinski definition) is 7. The Morgan fingerprint density at radius 2 is 1.95 bits per heavy atom. The van der Waals surface area contributed by atoms with Gasteiger partial charge in [0.15, 0.2) is 5.13 Å². The lowest BCUT2D eigenvalue weighted by molar-refractivity contribution is -0.132. The molecule has 7 nitrogen and oxygen atoms in total. The molecule has 2 unspecified atom stereocenters. The van der Waals surface area contributed by atoms with Crippen LogP contribution in [0.15, 0.2) is 66.2 Å². The number of hydrogen-bond donors (Lipinski definition) is 1. The maximum atomic E-state index is 13.5. The highest BCUT2D eigenvalue weighted by Crippen LogP contribution is 2.45. The number of amides is 1. The van der Waals surface area contributed by atoms with Crippen LogP contribution in [0.5, 0.6) is 11.5 Å². The number of fused-ring (bicyclic) bond motifs is 2. The van der Waals surface area contributed by atoms with Crippen molar-refractivity contribution in [3.8, 4) is 11.5 Å². The Labute approximate surface area is 234 Å². The van der Waals surface area contributed by atoms with Crippen molar-refractivity contribution in [2.75, 3.05) is 11.5 Å². The van der Waals surface area contributed by atoms with E-state index in [2.05, 4.69) is 4.98 Å². The van der Waals surface area contributed by atoms with Gasteiger partial charge in [-0.05, 0) is 73.0 Å². The molecule has 1 saturated heterocycles. The van der Waals surface area contributed by atoms with Crippen molar-refractivity contribution < 1.29 is 24.2 Å². The van der Waals surface area contributed by atoms with E-state index in [1.54, 1.807) is 42.5 Å². The first-order chi connectivity index (χ1) is 18.8. The zero-order chi connectivity index (χ0) is 27.3. The van der Waals surface area contributed by atoms with Crippen LogP contribution < -0.4 is 14.4 Å². The molecule has 0 aliphatic carbocycles. The molecule has 1 aromatic heterocycles. The molecule has 4 aromatic rings. The van der Waals surface area contributed by atoms with Gasteiger partial charge in [0.2, 0.25) is 0 Å². The Morgan fingerprint density at radius 1 is 1.15 bits per heavy atom. The van der Waals surface area contributed by atoms with Crippen molar-refractivity contribution in [3.05, 3.63) is 87.9 Å². The second kappa shape index (κ2) is 10.0. The number of aliphatic hydroxyl groups is 1. The van der Waals surface area contributed by atoms with Crippen LogP contribution in [0.4, 0.5) is 5.13 Å². The largest absolute Gasteiger partial charge is 0.507 e. The molecule has 6 rings (SSSR count). The number of ether oxygens (including phenoxy) is 2. The molecule has 0 spiro atoms. The summed E-state index contributed by atoms with van der Waals surface area (Å²) in [5.41, 5.74) is 2.71. The first-order valence-electron chi connectivity index (χ1n) is 12.7. The Hall–Kier alpha value is -3.88. The molecule has 1 fully saturated rings. The number of aromatic nitrogens is 1. The summed E-state index contributed by atoms with van der Waals surface area (Å²) < 4.78 is 12.3. The van der Waals surface area contributed by atoms with Gasteiger partial charge in [0, 0.05) is 17.0 Å². The predicted molar refractivity (Wildman–Crippen MR) is 152 cm³/mol. The van der Waals surface area contributed by atoms with Crippen LogP contribution in [0.3, 0.4) is 0 Å². The van der Waals surface area contributed by atoms with Crippen LogP contribution >= 0.6 is 22.9 Å². The molecule has 1 N–H and O–H groups in total. The van der Waals surface area contributed by atoms with Gasteiger partial charge >= 0.3 is 5.91 Å². The van der Waals surface area contributed by atoms with Crippen LogP contribution in [0.1, 0.15) is 43.0 Å². The van der Waals surface area contributed by atoms with E-state index in [1.807, 2.05) is 32.0 Å². The summed E-state index contributed by atoms with van der Waals surface area (Å²) in [5, 5.41) is 12.4. The molecule has 9 heteroatoms. The zero-order valence-electron chi connectivity index (χ0n) is 21.3. The van der Waals surface area contributed by atoms with Gasteiger partial charge < -0.3 is 14.6 Å². The second-order valence-corrected chi connectivity index (χ2v) is 11.1. The summed E-state index contributed by atoms with van der Waals surface area (Å²) in [5.74, 6) is -0.326. The lowest BCUT2D eigenvalue weighted by Gasteiger charge is -2.23. The van der Waals surface area contributed by atoms with E-state index in [0.717, 1.165) is 22.4 Å². The molecule has 0 radical (unpaired) electrons. The van der Waals surface area contributed by atoms with Crippen molar-refractivity contribution in [3.63, 3.8) is 0 Å². The monoisotopic (exact) mass is 560 g/mol. The van der Waals surface area contributed by atoms with Gasteiger partial charge in [0.05, 0.1) is 28.4 Å². The van der Waals surface area contributed by atoms with Crippen molar-refractivity contribution in [1.82, 2.24) is 4.98 Å². The summed E-state index contributed by atoms with van der Waals surface area (Å²) in [6.07, 6.45) is 1.60. The topological polar surface area (TPSA) is 89.0 Å². The number of carbonyl (C=O) groups excluding carboxylic acids is 2. The highest BCUT2D eigenvalue weighted by atomic mass is 35.5. The van der Waals surface area contributed by atoms with E-state index >= 15 is 0 Å². The van der Waals surface area contributed by atoms with Crippen molar-refractivity contribution >= 4 is 55.7 Å². The van der Waals surface area contributed by atoms with Gasteiger partial charge in [-0.25, -0.2) is 4.98 Å². The third-order valence-corrected chi connectivity index (χ3v) is 8.08. The minimum absolute atomic E-state index is 0.00595. The highest BCUT2D eigenvalue weighted by molar-refractivity contribution is 7.22. The van der Waals surface area contributed by atoms with Gasteiger partial charge in [0.1, 0.15) is 23.4 Å². The number of nitrogens with zero attached hydrogens (tertiary/aromatic N) is 2. The molecular formula is C30H25ClN2O5S. The summed E-state index contributed by atoms with van der Waals surface area (Å²) in [6, 6.07) is 16.9. The summed E-state index contributed by atoms with van der Waals surface area (Å²) in [7, 11) is 0. The molecule has 198 valence electrons. The quantitative estimate of drug-likeness (QED) is 0.161. The molecule has 39 heavy (non-hydrogen) atoms. The van der Waals surface area contributed by atoms with Gasteiger partial charge in [-0.2, -0.15) is 0 Å². The summed E-state index contributed by atoms with van der Waals surface area (Å²) >= 11 is 7.44. The number of halogens is 1. The predicted octanol–water partition coefficient (Wildman–Crippen LogP) is 6.69. The number of anilines is 1. The van der Waals surface area contributed by atoms with E-state index < -0.39 is 17.7 Å². The van der Waals surface area contributed by atoms with Crippen LogP contribution in [-0.4, -0.2) is 34.5 Å². The van der Waals surface area contributed by atoms with Crippen LogP contribution in [-0.2, 0) is 16.0 Å². The van der Waals surface area contributed by atoms with Crippen LogP contribution in [0.25, 0.3) is 16.0 Å². The van der Waals surface area contributed by atoms with Crippen molar-refractivity contribution in [2.45, 2.75) is 38.8 Å². The van der Waals surface area contributed by atoms with Crippen LogP contribution in [0.2, 0.25) is 5.02 Å². The van der Waals surface area contributed by atoms with Gasteiger partial charge in [-0.15, -0.1) is 0 Å². The number of thiazole rings is 1. The molecular weight excluding hydrogens is 536 g/mol. The van der Waals surface area contributed by atoms with E-state index in [1.165, 1.54) is 16.2 Å². The normalized spacial score (nSPS) is 19.9. The van der Waals surface area contributed by atoms with Crippen molar-refractivity contribution in [2.24, 2.45) is 0 Å². The fourth-order valence-corrected chi connectivity index (χ4v) is 6.29. The smallest absolute Gasteiger partial charge is 0.301 e. The Balaban J connectivity index is 1.49. The molecule has 2 aliphatic rings. The number of ketones is 1. The number of aliphatic hydroxyl groups excluding tert-OH is 1. The Morgan fingerprint density at radius 3 is 2.72 bits per heavy atom. The maximum Gasteiger partial charge on any atom is 0.301 e. The lowest BCUT2D eigenvalue weighted by atomic mass is 9.94. The summed E-state index contributed by atoms with van der Waals surface area (Å²) in [4.78, 5) is 33.1. The highest BCUT2D eigenvalue weighted by Gasteiger charge is 2.48. The minimum atomic E-state index is -0.885. The SMILES string of the molecule is CCCOc1ccc(C2C(=C(O)c3ccc4c(c3)CC(C)O4)C(=O)C(=O)N2c2nc3ccc(Cl)cc3s2)cc1. The summed E-state index contributed by atoms with van der Waals surface area (Å²) in [6.45, 7) is 4.58. The second-order valence-electron chi connectivity index (χ2n) is 9.65. The fourth-order valence-electron chi connectivity index (χ4n) is 5.03. The van der Waals surface area contributed by atoms with Crippen molar-refractivity contribution in [1.29, 1.82) is 0 Å². The average molecular weight is 561 g/mol. The molecule has 3 heterocycles. The fraction of sp³-hybridized carbons (Fsp3) is 0.233. The maximum absolute atomic E-state index is 13.5. The number of rotatable bonds is 6. The third-order valence-electron chi connectivity index (χ3n) is 6.83. The number of carbonyl (C=O) groups is 2. The van der Waals surface area contributed by atoms with E-state index in [9.17, 15) is 14.7 Å². The Kier molecular flexibility index (Phi) is 6.53. The number of benzene rings is 3. The van der Waals surface area contributed by atoms with Crippen LogP contribution in [0, 0.1) is 0 Å². The number of Topliss-reactive ketones (excluding diaryl/α,β-unsaturated/α-hetero) is 1. The van der Waals surface area contributed by atoms with Gasteiger partial charge in [-0.1, -0.05) is 42.0 Å². The minimum Gasteiger partial charge on any atom is -0.507 e. The van der Waals surface area contributed by atoms with E-state index in [-0.39, 0.29) is 17.4 Å². The molecule has 1 amide bonds. The Bertz CT molecular complexity index is 1650. The molecule has 0 bridgehead atoms. The van der Waals surface area contributed by atoms with Gasteiger partial charge in [0.25, 0.3) is 5.78 Å². The van der Waals surface area contributed by atoms with E-state index in [4.69, 9.17) is 21.1 Å². The first-order valence-corrected chi connectivity index (χ1v) is 13.9. The molecule has 2 aliphatic heterocycles. The third kappa shape index (κ3) is 4.53. The zero-order valence-corrected chi connectivity index (χ0v) is 22.9. The van der Waals surface area contributed by atoms with Gasteiger partial charge in [-0.3, -0.25) is 14.5 Å². The average Bonchev–Trinajstić information content (AvgIpc) is 3.59. The molecule has 0 saturated carbocycles. The molecule has 2 atom stereocenters. The molecule has 3 aromatic carbocycles. The van der Waals surface area contributed by atoms with E-state index in [0.29, 0.717) is 45.6 Å².